The van der Waals surface area contributed by atoms with Crippen LogP contribution in [0.15, 0.2) is 46.6 Å². The second-order valence-corrected chi connectivity index (χ2v) is 7.44. The second-order valence-electron chi connectivity index (χ2n) is 6.13. The highest BCUT2D eigenvalue weighted by molar-refractivity contribution is 8.15. The summed E-state index contributed by atoms with van der Waals surface area (Å²) < 4.78 is 5.41. The number of carbonyl (C=O) groups is 2. The van der Waals surface area contributed by atoms with Crippen LogP contribution in [0.5, 0.6) is 0 Å². The van der Waals surface area contributed by atoms with Gasteiger partial charge in [-0.1, -0.05) is 42.1 Å². The molecule has 2 aliphatic heterocycles. The van der Waals surface area contributed by atoms with Gasteiger partial charge in [0, 0.05) is 0 Å². The summed E-state index contributed by atoms with van der Waals surface area (Å²) in [4.78, 5) is 31.5. The molecule has 0 radical (unpaired) electrons. The number of carbonyl (C=O) groups excluding carboxylic acids is 2. The number of amides is 1. The first-order valence-electron chi connectivity index (χ1n) is 7.95. The van der Waals surface area contributed by atoms with Crippen molar-refractivity contribution in [2.24, 2.45) is 4.99 Å². The molecule has 1 aromatic carbocycles. The SMILES string of the molecule is CC1=C(C(=O)OC(C)C)[C@@H](c2ccccc2)N2C(=O)[C@@H](C)SC2=N1. The Morgan fingerprint density at radius 3 is 2.58 bits per heavy atom. The Morgan fingerprint density at radius 2 is 1.96 bits per heavy atom. The molecule has 0 N–H and O–H groups in total. The molecule has 0 aliphatic carbocycles. The summed E-state index contributed by atoms with van der Waals surface area (Å²) in [6, 6.07) is 9.06. The molecule has 6 heteroatoms. The van der Waals surface area contributed by atoms with Gasteiger partial charge in [0.25, 0.3) is 0 Å². The minimum Gasteiger partial charge on any atom is -0.459 e. The Morgan fingerprint density at radius 1 is 1.29 bits per heavy atom. The van der Waals surface area contributed by atoms with Crippen LogP contribution >= 0.6 is 11.8 Å². The zero-order valence-corrected chi connectivity index (χ0v) is 15.0. The molecule has 2 atom stereocenters. The highest BCUT2D eigenvalue weighted by Crippen LogP contribution is 2.43. The van der Waals surface area contributed by atoms with Crippen LogP contribution in [0.1, 0.15) is 39.3 Å². The molecule has 5 nitrogen and oxygen atoms in total. The summed E-state index contributed by atoms with van der Waals surface area (Å²) in [5, 5.41) is 0.447. The van der Waals surface area contributed by atoms with Crippen molar-refractivity contribution < 1.29 is 14.3 Å². The van der Waals surface area contributed by atoms with E-state index in [1.54, 1.807) is 11.8 Å². The van der Waals surface area contributed by atoms with Crippen LogP contribution in [0, 0.1) is 0 Å². The molecule has 0 aromatic heterocycles. The van der Waals surface area contributed by atoms with Crippen molar-refractivity contribution in [3.63, 3.8) is 0 Å². The zero-order chi connectivity index (χ0) is 17.4. The summed E-state index contributed by atoms with van der Waals surface area (Å²) in [5.41, 5.74) is 1.92. The molecular weight excluding hydrogens is 324 g/mol. The number of thioether (sulfide) groups is 1. The van der Waals surface area contributed by atoms with Gasteiger partial charge < -0.3 is 4.74 Å². The molecule has 0 spiro atoms. The van der Waals surface area contributed by atoms with Crippen LogP contribution in [0.4, 0.5) is 0 Å². The van der Waals surface area contributed by atoms with Gasteiger partial charge in [-0.2, -0.15) is 0 Å². The fourth-order valence-corrected chi connectivity index (χ4v) is 3.92. The first-order valence-corrected chi connectivity index (χ1v) is 8.83. The molecule has 1 saturated heterocycles. The summed E-state index contributed by atoms with van der Waals surface area (Å²) in [5.74, 6) is -0.452. The average Bonchev–Trinajstić information content (AvgIpc) is 2.80. The molecule has 126 valence electrons. The third kappa shape index (κ3) is 2.86. The van der Waals surface area contributed by atoms with E-state index in [0.29, 0.717) is 16.4 Å². The van der Waals surface area contributed by atoms with E-state index in [4.69, 9.17) is 4.74 Å². The van der Waals surface area contributed by atoms with E-state index >= 15 is 0 Å². The number of rotatable bonds is 3. The number of hydrogen-bond donors (Lipinski definition) is 0. The summed E-state index contributed by atoms with van der Waals surface area (Å²) in [6.07, 6.45) is -0.234. The Bertz CT molecular complexity index is 740. The van der Waals surface area contributed by atoms with Crippen molar-refractivity contribution in [3.8, 4) is 0 Å². The maximum absolute atomic E-state index is 12.7. The molecule has 1 fully saturated rings. The van der Waals surface area contributed by atoms with Gasteiger partial charge in [-0.15, -0.1) is 0 Å². The summed E-state index contributed by atoms with van der Waals surface area (Å²) >= 11 is 1.43. The van der Waals surface area contributed by atoms with Gasteiger partial charge in [-0.3, -0.25) is 9.69 Å². The lowest BCUT2D eigenvalue weighted by Crippen LogP contribution is -2.40. The third-order valence-electron chi connectivity index (χ3n) is 3.94. The first kappa shape index (κ1) is 16.8. The van der Waals surface area contributed by atoms with E-state index < -0.39 is 12.0 Å². The highest BCUT2D eigenvalue weighted by atomic mass is 32.2. The monoisotopic (exact) mass is 344 g/mol. The van der Waals surface area contributed by atoms with Crippen LogP contribution in [0.3, 0.4) is 0 Å². The lowest BCUT2D eigenvalue weighted by molar-refractivity contribution is -0.143. The van der Waals surface area contributed by atoms with Gasteiger partial charge in [0.05, 0.1) is 28.7 Å². The molecular formula is C18H20N2O3S. The van der Waals surface area contributed by atoms with Crippen molar-refractivity contribution in [2.75, 3.05) is 0 Å². The molecule has 0 bridgehead atoms. The normalized spacial score (nSPS) is 23.5. The number of ether oxygens (including phenoxy) is 1. The largest absolute Gasteiger partial charge is 0.459 e. The van der Waals surface area contributed by atoms with Crippen molar-refractivity contribution in [2.45, 2.75) is 45.1 Å². The van der Waals surface area contributed by atoms with Crippen molar-refractivity contribution in [1.82, 2.24) is 4.90 Å². The lowest BCUT2D eigenvalue weighted by atomic mass is 9.94. The van der Waals surface area contributed by atoms with Gasteiger partial charge in [-0.05, 0) is 33.3 Å². The fraction of sp³-hybridized carbons (Fsp3) is 0.389. The first-order chi connectivity index (χ1) is 11.4. The Kier molecular flexibility index (Phi) is 4.49. The van der Waals surface area contributed by atoms with E-state index in [1.807, 2.05) is 51.1 Å². The van der Waals surface area contributed by atoms with Crippen LogP contribution in [-0.4, -0.2) is 33.3 Å². The van der Waals surface area contributed by atoms with Crippen LogP contribution in [0.2, 0.25) is 0 Å². The summed E-state index contributed by atoms with van der Waals surface area (Å²) in [6.45, 7) is 7.27. The summed E-state index contributed by atoms with van der Waals surface area (Å²) in [7, 11) is 0. The minimum absolute atomic E-state index is 0.0325. The van der Waals surface area contributed by atoms with E-state index in [0.717, 1.165) is 5.56 Å². The van der Waals surface area contributed by atoms with Gasteiger partial charge in [-0.25, -0.2) is 9.79 Å². The maximum atomic E-state index is 12.7. The molecule has 24 heavy (non-hydrogen) atoms. The van der Waals surface area contributed by atoms with Gasteiger partial charge in [0.15, 0.2) is 5.17 Å². The number of allylic oxidation sites excluding steroid dienone is 1. The number of fused-ring (bicyclic) bond motifs is 1. The molecule has 1 aromatic rings. The fourth-order valence-electron chi connectivity index (χ4n) is 2.89. The van der Waals surface area contributed by atoms with Crippen molar-refractivity contribution in [3.05, 3.63) is 47.2 Å². The highest BCUT2D eigenvalue weighted by Gasteiger charge is 2.46. The third-order valence-corrected chi connectivity index (χ3v) is 4.99. The number of amidine groups is 1. The molecule has 3 rings (SSSR count). The smallest absolute Gasteiger partial charge is 0.338 e. The standard InChI is InChI=1S/C18H20N2O3S/c1-10(2)23-17(22)14-11(3)19-18-20(16(21)12(4)24-18)15(14)13-8-6-5-7-9-13/h5-10,12,15H,1-4H3/t12-,15-/m1/s1. The number of esters is 1. The quantitative estimate of drug-likeness (QED) is 0.790. The Balaban J connectivity index is 2.12. The van der Waals surface area contributed by atoms with Crippen LogP contribution in [-0.2, 0) is 14.3 Å². The second kappa shape index (κ2) is 6.43. The zero-order valence-electron chi connectivity index (χ0n) is 14.1. The van der Waals surface area contributed by atoms with Gasteiger partial charge in [0.1, 0.15) is 0 Å². The van der Waals surface area contributed by atoms with E-state index in [2.05, 4.69) is 4.99 Å². The number of hydrogen-bond acceptors (Lipinski definition) is 5. The molecule has 2 aliphatic rings. The van der Waals surface area contributed by atoms with E-state index in [-0.39, 0.29) is 17.3 Å². The minimum atomic E-state index is -0.491. The molecule has 0 unspecified atom stereocenters. The Hall–Kier alpha value is -2.08. The number of benzene rings is 1. The average molecular weight is 344 g/mol. The van der Waals surface area contributed by atoms with Crippen molar-refractivity contribution in [1.29, 1.82) is 0 Å². The molecule has 0 saturated carbocycles. The molecule has 2 heterocycles. The van der Waals surface area contributed by atoms with Gasteiger partial charge in [0.2, 0.25) is 5.91 Å². The predicted molar refractivity (Wildman–Crippen MR) is 94.4 cm³/mol. The van der Waals surface area contributed by atoms with Gasteiger partial charge >= 0.3 is 5.97 Å². The van der Waals surface area contributed by atoms with Crippen LogP contribution < -0.4 is 0 Å². The maximum Gasteiger partial charge on any atom is 0.338 e. The number of aliphatic imine (C=N–C) groups is 1. The van der Waals surface area contributed by atoms with Crippen molar-refractivity contribution >= 4 is 28.8 Å². The topological polar surface area (TPSA) is 59.0 Å². The predicted octanol–water partition coefficient (Wildman–Crippen LogP) is 3.29. The van der Waals surface area contributed by atoms with E-state index in [1.165, 1.54) is 11.8 Å². The van der Waals surface area contributed by atoms with Crippen LogP contribution in [0.25, 0.3) is 0 Å². The Labute approximate surface area is 145 Å². The molecule has 1 amide bonds. The lowest BCUT2D eigenvalue weighted by Gasteiger charge is -2.33. The number of nitrogens with zero attached hydrogens (tertiary/aromatic N) is 2. The van der Waals surface area contributed by atoms with E-state index in [9.17, 15) is 9.59 Å².